The standard InChI is InChI=1S/C26H30N2O3/c1-31-19-25(30)27-15-5-6-16-28-23(17-27)26(24(28)18-29)22-13-11-21(12-14-22)10-9-20-7-3-2-4-8-20/h2-4,7-8,11-14,23-24,26,29H,5-6,15-19H2,1H3/t23-,24+,26+/m0/s1. The van der Waals surface area contributed by atoms with Gasteiger partial charge in [-0.15, -0.1) is 0 Å². The van der Waals surface area contributed by atoms with Gasteiger partial charge in [-0.25, -0.2) is 0 Å². The molecule has 4 rings (SSSR count). The summed E-state index contributed by atoms with van der Waals surface area (Å²) in [7, 11) is 1.56. The summed E-state index contributed by atoms with van der Waals surface area (Å²) in [5, 5.41) is 10.1. The number of aliphatic hydroxyl groups is 1. The van der Waals surface area contributed by atoms with Crippen molar-refractivity contribution in [2.45, 2.75) is 30.8 Å². The molecule has 2 aromatic rings. The van der Waals surface area contributed by atoms with Gasteiger partial charge in [-0.05, 0) is 49.2 Å². The van der Waals surface area contributed by atoms with Crippen molar-refractivity contribution in [3.8, 4) is 11.8 Å². The predicted octanol–water partition coefficient (Wildman–Crippen LogP) is 2.48. The number of carbonyl (C=O) groups excluding carboxylic acids is 1. The van der Waals surface area contributed by atoms with Crippen LogP contribution in [0.25, 0.3) is 0 Å². The van der Waals surface area contributed by atoms with E-state index in [1.54, 1.807) is 7.11 Å². The van der Waals surface area contributed by atoms with Gasteiger partial charge < -0.3 is 14.7 Å². The number of fused-ring (bicyclic) bond motifs is 1. The van der Waals surface area contributed by atoms with Crippen molar-refractivity contribution in [1.82, 2.24) is 9.80 Å². The van der Waals surface area contributed by atoms with Crippen LogP contribution < -0.4 is 0 Å². The molecule has 2 aliphatic rings. The zero-order valence-electron chi connectivity index (χ0n) is 18.0. The van der Waals surface area contributed by atoms with E-state index in [0.717, 1.165) is 37.1 Å². The lowest BCUT2D eigenvalue weighted by Crippen LogP contribution is -2.68. The number of ether oxygens (including phenoxy) is 1. The first-order valence-corrected chi connectivity index (χ1v) is 11.0. The molecule has 0 spiro atoms. The zero-order chi connectivity index (χ0) is 21.6. The van der Waals surface area contributed by atoms with Crippen molar-refractivity contribution in [3.63, 3.8) is 0 Å². The van der Waals surface area contributed by atoms with E-state index in [1.807, 2.05) is 35.2 Å². The maximum Gasteiger partial charge on any atom is 0.248 e. The Labute approximate surface area is 184 Å². The number of aliphatic hydroxyl groups excluding tert-OH is 1. The van der Waals surface area contributed by atoms with E-state index in [2.05, 4.69) is 41.0 Å². The van der Waals surface area contributed by atoms with Gasteiger partial charge in [-0.2, -0.15) is 0 Å². The number of amides is 1. The van der Waals surface area contributed by atoms with Crippen LogP contribution in [0.5, 0.6) is 0 Å². The highest BCUT2D eigenvalue weighted by atomic mass is 16.5. The highest BCUT2D eigenvalue weighted by molar-refractivity contribution is 5.77. The van der Waals surface area contributed by atoms with Crippen molar-refractivity contribution in [3.05, 3.63) is 71.3 Å². The Balaban J connectivity index is 1.51. The maximum absolute atomic E-state index is 12.5. The second kappa shape index (κ2) is 10.1. The van der Waals surface area contributed by atoms with Crippen LogP contribution >= 0.6 is 0 Å². The second-order valence-electron chi connectivity index (χ2n) is 8.30. The smallest absolute Gasteiger partial charge is 0.248 e. The fraction of sp³-hybridized carbons (Fsp3) is 0.423. The van der Waals surface area contributed by atoms with E-state index >= 15 is 0 Å². The fourth-order valence-corrected chi connectivity index (χ4v) is 4.84. The molecule has 0 radical (unpaired) electrons. The van der Waals surface area contributed by atoms with Gasteiger partial charge in [0.2, 0.25) is 5.91 Å². The monoisotopic (exact) mass is 418 g/mol. The fourth-order valence-electron chi connectivity index (χ4n) is 4.84. The Morgan fingerprint density at radius 3 is 2.39 bits per heavy atom. The number of benzene rings is 2. The van der Waals surface area contributed by atoms with E-state index in [0.29, 0.717) is 6.54 Å². The van der Waals surface area contributed by atoms with Crippen molar-refractivity contribution in [1.29, 1.82) is 0 Å². The molecule has 5 heteroatoms. The van der Waals surface area contributed by atoms with E-state index in [-0.39, 0.29) is 37.1 Å². The van der Waals surface area contributed by atoms with E-state index in [1.165, 1.54) is 5.56 Å². The second-order valence-corrected chi connectivity index (χ2v) is 8.30. The highest BCUT2D eigenvalue weighted by Crippen LogP contribution is 2.41. The van der Waals surface area contributed by atoms with Crippen LogP contribution in [0.2, 0.25) is 0 Å². The molecule has 2 saturated heterocycles. The van der Waals surface area contributed by atoms with Gasteiger partial charge in [0.25, 0.3) is 0 Å². The Morgan fingerprint density at radius 2 is 1.71 bits per heavy atom. The molecule has 2 aliphatic heterocycles. The van der Waals surface area contributed by atoms with Crippen LogP contribution in [0.15, 0.2) is 54.6 Å². The molecule has 162 valence electrons. The number of rotatable bonds is 4. The summed E-state index contributed by atoms with van der Waals surface area (Å²) in [6.07, 6.45) is 2.01. The summed E-state index contributed by atoms with van der Waals surface area (Å²) in [6, 6.07) is 18.6. The highest BCUT2D eigenvalue weighted by Gasteiger charge is 2.49. The van der Waals surface area contributed by atoms with Crippen molar-refractivity contribution < 1.29 is 14.6 Å². The first-order valence-electron chi connectivity index (χ1n) is 11.0. The molecule has 0 unspecified atom stereocenters. The summed E-state index contributed by atoms with van der Waals surface area (Å²) in [6.45, 7) is 2.67. The minimum Gasteiger partial charge on any atom is -0.395 e. The lowest BCUT2D eigenvalue weighted by atomic mass is 9.74. The third kappa shape index (κ3) is 4.83. The lowest BCUT2D eigenvalue weighted by molar-refractivity contribution is -0.140. The van der Waals surface area contributed by atoms with Gasteiger partial charge in [0, 0.05) is 49.3 Å². The first-order chi connectivity index (χ1) is 15.2. The Morgan fingerprint density at radius 1 is 1.03 bits per heavy atom. The van der Waals surface area contributed by atoms with Crippen LogP contribution in [0.1, 0.15) is 35.4 Å². The number of hydrogen-bond acceptors (Lipinski definition) is 4. The molecule has 0 aromatic heterocycles. The van der Waals surface area contributed by atoms with Crippen molar-refractivity contribution in [2.24, 2.45) is 0 Å². The summed E-state index contributed by atoms with van der Waals surface area (Å²) in [5.41, 5.74) is 3.17. The molecule has 1 amide bonds. The molecule has 2 aromatic carbocycles. The average molecular weight is 419 g/mol. The van der Waals surface area contributed by atoms with Crippen LogP contribution in [0.4, 0.5) is 0 Å². The Bertz CT molecular complexity index is 933. The number of nitrogens with zero attached hydrogens (tertiary/aromatic N) is 2. The lowest BCUT2D eigenvalue weighted by Gasteiger charge is -2.57. The first kappa shape index (κ1) is 21.6. The SMILES string of the molecule is COCC(=O)N1CCCCN2[C@H](CO)[C@H](c3ccc(C#Cc4ccccc4)cc3)[C@@H]2C1. The van der Waals surface area contributed by atoms with Crippen LogP contribution in [0.3, 0.4) is 0 Å². The molecule has 0 saturated carbocycles. The minimum atomic E-state index is 0.0436. The quantitative estimate of drug-likeness (QED) is 0.776. The summed E-state index contributed by atoms with van der Waals surface area (Å²) in [5.74, 6) is 6.67. The summed E-state index contributed by atoms with van der Waals surface area (Å²) < 4.78 is 5.07. The van der Waals surface area contributed by atoms with Gasteiger partial charge in [0.15, 0.2) is 0 Å². The zero-order valence-corrected chi connectivity index (χ0v) is 18.0. The molecule has 0 bridgehead atoms. The molecule has 0 aliphatic carbocycles. The van der Waals surface area contributed by atoms with Crippen LogP contribution in [-0.4, -0.2) is 72.9 Å². The average Bonchev–Trinajstić information content (AvgIpc) is 2.78. The molecule has 3 atom stereocenters. The molecule has 2 fully saturated rings. The molecule has 1 N–H and O–H groups in total. The number of carbonyl (C=O) groups is 1. The summed E-state index contributed by atoms with van der Waals surface area (Å²) in [4.78, 5) is 16.8. The third-order valence-electron chi connectivity index (χ3n) is 6.41. The predicted molar refractivity (Wildman–Crippen MR) is 121 cm³/mol. The van der Waals surface area contributed by atoms with Gasteiger partial charge in [0.05, 0.1) is 6.61 Å². The van der Waals surface area contributed by atoms with Crippen LogP contribution in [0, 0.1) is 11.8 Å². The summed E-state index contributed by atoms with van der Waals surface area (Å²) >= 11 is 0. The molecular formula is C26H30N2O3. The van der Waals surface area contributed by atoms with Gasteiger partial charge >= 0.3 is 0 Å². The number of methoxy groups -OCH3 is 1. The largest absolute Gasteiger partial charge is 0.395 e. The normalized spacial score (nSPS) is 23.5. The van der Waals surface area contributed by atoms with E-state index in [4.69, 9.17) is 4.74 Å². The third-order valence-corrected chi connectivity index (χ3v) is 6.41. The molecule has 31 heavy (non-hydrogen) atoms. The Hall–Kier alpha value is -2.65. The van der Waals surface area contributed by atoms with Crippen molar-refractivity contribution >= 4 is 5.91 Å². The van der Waals surface area contributed by atoms with E-state index < -0.39 is 0 Å². The Kier molecular flexibility index (Phi) is 7.03. The molecule has 2 heterocycles. The van der Waals surface area contributed by atoms with Crippen LogP contribution in [-0.2, 0) is 9.53 Å². The van der Waals surface area contributed by atoms with Crippen molar-refractivity contribution in [2.75, 3.05) is 40.0 Å². The maximum atomic E-state index is 12.5. The molecule has 5 nitrogen and oxygen atoms in total. The van der Waals surface area contributed by atoms with Gasteiger partial charge in [-0.1, -0.05) is 42.2 Å². The minimum absolute atomic E-state index is 0.0436. The topological polar surface area (TPSA) is 53.0 Å². The number of hydrogen-bond donors (Lipinski definition) is 1. The molecular weight excluding hydrogens is 388 g/mol. The van der Waals surface area contributed by atoms with E-state index in [9.17, 15) is 9.90 Å². The van der Waals surface area contributed by atoms with Gasteiger partial charge in [0.1, 0.15) is 6.61 Å². The van der Waals surface area contributed by atoms with Gasteiger partial charge in [-0.3, -0.25) is 9.69 Å².